The first-order chi connectivity index (χ1) is 9.73. The summed E-state index contributed by atoms with van der Waals surface area (Å²) in [4.78, 5) is 11.5. The summed E-state index contributed by atoms with van der Waals surface area (Å²) in [5.41, 5.74) is 6.25. The lowest BCUT2D eigenvalue weighted by Crippen LogP contribution is -2.44. The number of primary amides is 1. The summed E-state index contributed by atoms with van der Waals surface area (Å²) in [5.74, 6) is -0.861. The van der Waals surface area contributed by atoms with E-state index in [-0.39, 0.29) is 11.4 Å². The average molecular weight is 440 g/mol. The molecule has 1 saturated heterocycles. The predicted octanol–water partition coefficient (Wildman–Crippen LogP) is 2.41. The Morgan fingerprint density at radius 3 is 2.62 bits per heavy atom. The zero-order valence-electron chi connectivity index (χ0n) is 11.5. The molecule has 0 spiro atoms. The van der Waals surface area contributed by atoms with E-state index >= 15 is 0 Å². The minimum Gasteiger partial charge on any atom is -0.369 e. The Labute approximate surface area is 141 Å². The molecule has 1 amide bonds. The van der Waals surface area contributed by atoms with E-state index in [1.807, 2.05) is 6.92 Å². The maximum atomic E-state index is 12.8. The summed E-state index contributed by atoms with van der Waals surface area (Å²) >= 11 is 6.66. The molecular weight excluding hydrogens is 424 g/mol. The van der Waals surface area contributed by atoms with Crippen molar-refractivity contribution in [2.75, 3.05) is 13.1 Å². The quantitative estimate of drug-likeness (QED) is 0.785. The van der Waals surface area contributed by atoms with E-state index in [4.69, 9.17) is 5.73 Å². The highest BCUT2D eigenvalue weighted by Gasteiger charge is 2.33. The van der Waals surface area contributed by atoms with Crippen LogP contribution < -0.4 is 5.73 Å². The fraction of sp³-hybridized carbons (Fsp3) is 0.462. The molecule has 1 aliphatic rings. The van der Waals surface area contributed by atoms with Gasteiger partial charge in [-0.3, -0.25) is 4.79 Å². The van der Waals surface area contributed by atoms with Crippen LogP contribution >= 0.6 is 31.9 Å². The molecule has 0 aliphatic carbocycles. The second-order valence-corrected chi connectivity index (χ2v) is 8.75. The van der Waals surface area contributed by atoms with Gasteiger partial charge < -0.3 is 5.73 Å². The molecule has 1 aromatic carbocycles. The molecule has 1 unspecified atom stereocenters. The molecular formula is C13H16Br2N2O3S. The van der Waals surface area contributed by atoms with Crippen LogP contribution in [0.4, 0.5) is 0 Å². The minimum atomic E-state index is -3.65. The van der Waals surface area contributed by atoms with E-state index in [0.717, 1.165) is 10.0 Å². The number of benzene rings is 1. The van der Waals surface area contributed by atoms with Crippen molar-refractivity contribution in [1.29, 1.82) is 0 Å². The van der Waals surface area contributed by atoms with Gasteiger partial charge >= 0.3 is 0 Å². The molecule has 1 heterocycles. The second kappa shape index (κ2) is 6.36. The third-order valence-electron chi connectivity index (χ3n) is 3.62. The van der Waals surface area contributed by atoms with Gasteiger partial charge in [-0.25, -0.2) is 8.42 Å². The van der Waals surface area contributed by atoms with Crippen LogP contribution in [0.25, 0.3) is 0 Å². The molecule has 2 N–H and O–H groups in total. The summed E-state index contributed by atoms with van der Waals surface area (Å²) in [6.07, 6.45) is 1.28. The van der Waals surface area contributed by atoms with Gasteiger partial charge in [0.1, 0.15) is 0 Å². The SMILES string of the molecule is Cc1cc(Br)c(S(=O)(=O)N2CCCC(C(N)=O)C2)cc1Br. The molecule has 1 aliphatic heterocycles. The van der Waals surface area contributed by atoms with Crippen molar-refractivity contribution in [3.63, 3.8) is 0 Å². The van der Waals surface area contributed by atoms with E-state index in [2.05, 4.69) is 31.9 Å². The zero-order chi connectivity index (χ0) is 15.8. The largest absolute Gasteiger partial charge is 0.369 e. The van der Waals surface area contributed by atoms with Gasteiger partial charge in [-0.05, 0) is 53.4 Å². The van der Waals surface area contributed by atoms with Crippen molar-refractivity contribution in [1.82, 2.24) is 4.31 Å². The smallest absolute Gasteiger partial charge is 0.244 e. The summed E-state index contributed by atoms with van der Waals surface area (Å²) in [6.45, 7) is 2.44. The van der Waals surface area contributed by atoms with Gasteiger partial charge in [0.05, 0.1) is 10.8 Å². The average Bonchev–Trinajstić information content (AvgIpc) is 2.42. The Morgan fingerprint density at radius 1 is 1.33 bits per heavy atom. The Hall–Kier alpha value is -0.440. The molecule has 0 saturated carbocycles. The van der Waals surface area contributed by atoms with Crippen LogP contribution in [0.5, 0.6) is 0 Å². The van der Waals surface area contributed by atoms with Gasteiger partial charge in [0.15, 0.2) is 0 Å². The lowest BCUT2D eigenvalue weighted by molar-refractivity contribution is -0.122. The zero-order valence-corrected chi connectivity index (χ0v) is 15.5. The Balaban J connectivity index is 2.38. The van der Waals surface area contributed by atoms with Crippen LogP contribution in [0.1, 0.15) is 18.4 Å². The number of halogens is 2. The number of rotatable bonds is 3. The minimum absolute atomic E-state index is 0.148. The predicted molar refractivity (Wildman–Crippen MR) is 87.3 cm³/mol. The van der Waals surface area contributed by atoms with Crippen LogP contribution in [0, 0.1) is 12.8 Å². The van der Waals surface area contributed by atoms with E-state index in [1.54, 1.807) is 12.1 Å². The van der Waals surface area contributed by atoms with Gasteiger partial charge in [-0.2, -0.15) is 4.31 Å². The van der Waals surface area contributed by atoms with E-state index in [9.17, 15) is 13.2 Å². The molecule has 1 fully saturated rings. The van der Waals surface area contributed by atoms with Crippen molar-refractivity contribution in [2.24, 2.45) is 11.7 Å². The maximum absolute atomic E-state index is 12.8. The van der Waals surface area contributed by atoms with Crippen LogP contribution in [-0.4, -0.2) is 31.7 Å². The third kappa shape index (κ3) is 3.49. The fourth-order valence-corrected chi connectivity index (χ4v) is 5.52. The number of aryl methyl sites for hydroxylation is 1. The molecule has 21 heavy (non-hydrogen) atoms. The number of hydrogen-bond acceptors (Lipinski definition) is 3. The van der Waals surface area contributed by atoms with E-state index < -0.39 is 21.8 Å². The van der Waals surface area contributed by atoms with Crippen molar-refractivity contribution < 1.29 is 13.2 Å². The van der Waals surface area contributed by atoms with Crippen LogP contribution in [0.15, 0.2) is 26.0 Å². The number of amides is 1. The van der Waals surface area contributed by atoms with Gasteiger partial charge in [-0.1, -0.05) is 15.9 Å². The molecule has 5 nitrogen and oxygen atoms in total. The number of carbonyl (C=O) groups excluding carboxylic acids is 1. The number of piperidine rings is 1. The normalized spacial score (nSPS) is 20.4. The summed E-state index contributed by atoms with van der Waals surface area (Å²) < 4.78 is 28.1. The van der Waals surface area contributed by atoms with E-state index in [0.29, 0.717) is 23.9 Å². The third-order valence-corrected chi connectivity index (χ3v) is 7.30. The van der Waals surface area contributed by atoms with Gasteiger partial charge in [0.25, 0.3) is 0 Å². The summed E-state index contributed by atoms with van der Waals surface area (Å²) in [5, 5.41) is 0. The Bertz CT molecular complexity index is 676. The maximum Gasteiger partial charge on any atom is 0.244 e. The second-order valence-electron chi connectivity index (χ2n) is 5.14. The van der Waals surface area contributed by atoms with Gasteiger partial charge in [0, 0.05) is 22.0 Å². The molecule has 1 aromatic rings. The first kappa shape index (κ1) is 16.9. The number of carbonyl (C=O) groups is 1. The number of nitrogens with zero attached hydrogens (tertiary/aromatic N) is 1. The monoisotopic (exact) mass is 438 g/mol. The first-order valence-electron chi connectivity index (χ1n) is 6.48. The molecule has 0 bridgehead atoms. The van der Waals surface area contributed by atoms with Crippen molar-refractivity contribution >= 4 is 47.8 Å². The number of nitrogens with two attached hydrogens (primary N) is 1. The van der Waals surface area contributed by atoms with Crippen LogP contribution in [0.2, 0.25) is 0 Å². The van der Waals surface area contributed by atoms with Gasteiger partial charge in [0.2, 0.25) is 15.9 Å². The van der Waals surface area contributed by atoms with Crippen LogP contribution in [-0.2, 0) is 14.8 Å². The molecule has 0 aromatic heterocycles. The fourth-order valence-electron chi connectivity index (χ4n) is 2.36. The highest BCUT2D eigenvalue weighted by atomic mass is 79.9. The molecule has 116 valence electrons. The number of sulfonamides is 1. The molecule has 8 heteroatoms. The van der Waals surface area contributed by atoms with Crippen molar-refractivity contribution in [2.45, 2.75) is 24.7 Å². The highest BCUT2D eigenvalue weighted by molar-refractivity contribution is 9.11. The molecule has 0 radical (unpaired) electrons. The standard InChI is InChI=1S/C13H16Br2N2O3S/c1-8-5-11(15)12(6-10(8)14)21(19,20)17-4-2-3-9(7-17)13(16)18/h5-6,9H,2-4,7H2,1H3,(H2,16,18). The van der Waals surface area contributed by atoms with Crippen molar-refractivity contribution in [3.05, 3.63) is 26.6 Å². The van der Waals surface area contributed by atoms with Crippen LogP contribution in [0.3, 0.4) is 0 Å². The Kier molecular flexibility index (Phi) is 5.12. The van der Waals surface area contributed by atoms with E-state index in [1.165, 1.54) is 4.31 Å². The topological polar surface area (TPSA) is 80.5 Å². The lowest BCUT2D eigenvalue weighted by atomic mass is 9.99. The lowest BCUT2D eigenvalue weighted by Gasteiger charge is -2.30. The van der Waals surface area contributed by atoms with Crippen molar-refractivity contribution in [3.8, 4) is 0 Å². The highest BCUT2D eigenvalue weighted by Crippen LogP contribution is 2.32. The Morgan fingerprint density at radius 2 is 2.00 bits per heavy atom. The summed E-state index contributed by atoms with van der Waals surface area (Å²) in [6, 6.07) is 3.34. The molecule has 2 rings (SSSR count). The first-order valence-corrected chi connectivity index (χ1v) is 9.51. The molecule has 1 atom stereocenters. The summed E-state index contributed by atoms with van der Waals surface area (Å²) in [7, 11) is -3.65. The number of hydrogen-bond donors (Lipinski definition) is 1. The van der Waals surface area contributed by atoms with Gasteiger partial charge in [-0.15, -0.1) is 0 Å².